The summed E-state index contributed by atoms with van der Waals surface area (Å²) < 4.78 is 6.06. The van der Waals surface area contributed by atoms with E-state index in [9.17, 15) is 5.11 Å². The summed E-state index contributed by atoms with van der Waals surface area (Å²) in [5, 5.41) is 10.4. The van der Waals surface area contributed by atoms with Crippen LogP contribution < -0.4 is 9.64 Å². The molecule has 4 rings (SSSR count). The van der Waals surface area contributed by atoms with Crippen molar-refractivity contribution in [3.05, 3.63) is 78.0 Å². The van der Waals surface area contributed by atoms with Gasteiger partial charge in [0.2, 0.25) is 5.88 Å². The Labute approximate surface area is 166 Å². The van der Waals surface area contributed by atoms with Crippen LogP contribution in [0.3, 0.4) is 0 Å². The largest absolute Gasteiger partial charge is 0.472 e. The Morgan fingerprint density at radius 2 is 1.89 bits per heavy atom. The van der Waals surface area contributed by atoms with Crippen LogP contribution in [0.15, 0.2) is 66.9 Å². The lowest BCUT2D eigenvalue weighted by molar-refractivity contribution is 0.199. The third-order valence-corrected chi connectivity index (χ3v) is 5.24. The summed E-state index contributed by atoms with van der Waals surface area (Å²) in [6.45, 7) is 5.54. The molecule has 1 unspecified atom stereocenters. The first-order valence-corrected chi connectivity index (χ1v) is 9.82. The SMILES string of the molecule is Cc1ccc(O[C@H]2CCN(c3ccc(-c4ccccc4)cc3C(C)O)C2)nc1. The molecule has 28 heavy (non-hydrogen) atoms. The Kier molecular flexibility index (Phi) is 5.31. The number of aliphatic hydroxyl groups is 1. The van der Waals surface area contributed by atoms with Gasteiger partial charge in [-0.25, -0.2) is 4.98 Å². The lowest BCUT2D eigenvalue weighted by Crippen LogP contribution is -2.25. The number of aromatic nitrogens is 1. The van der Waals surface area contributed by atoms with Crippen molar-refractivity contribution in [1.29, 1.82) is 0 Å². The predicted molar refractivity (Wildman–Crippen MR) is 113 cm³/mol. The van der Waals surface area contributed by atoms with Crippen molar-refractivity contribution in [3.8, 4) is 17.0 Å². The maximum absolute atomic E-state index is 10.4. The van der Waals surface area contributed by atoms with Crippen LogP contribution in [0.5, 0.6) is 5.88 Å². The lowest BCUT2D eigenvalue weighted by atomic mass is 9.99. The summed E-state index contributed by atoms with van der Waals surface area (Å²) in [6, 6.07) is 20.6. The van der Waals surface area contributed by atoms with E-state index in [1.54, 1.807) is 0 Å². The van der Waals surface area contributed by atoms with Crippen molar-refractivity contribution in [2.45, 2.75) is 32.5 Å². The highest BCUT2D eigenvalue weighted by molar-refractivity contribution is 5.69. The normalized spacial score (nSPS) is 17.5. The fourth-order valence-corrected chi connectivity index (χ4v) is 3.73. The number of aliphatic hydroxyl groups excluding tert-OH is 1. The molecule has 1 aliphatic rings. The summed E-state index contributed by atoms with van der Waals surface area (Å²) in [4.78, 5) is 6.65. The summed E-state index contributed by atoms with van der Waals surface area (Å²) in [5.41, 5.74) is 5.44. The third-order valence-electron chi connectivity index (χ3n) is 5.24. The Morgan fingerprint density at radius 3 is 2.61 bits per heavy atom. The number of hydrogen-bond donors (Lipinski definition) is 1. The van der Waals surface area contributed by atoms with Crippen molar-refractivity contribution >= 4 is 5.69 Å². The highest BCUT2D eigenvalue weighted by atomic mass is 16.5. The summed E-state index contributed by atoms with van der Waals surface area (Å²) >= 11 is 0. The summed E-state index contributed by atoms with van der Waals surface area (Å²) in [7, 11) is 0. The predicted octanol–water partition coefficient (Wildman–Crippen LogP) is 4.77. The van der Waals surface area contributed by atoms with Crippen LogP contribution in [-0.2, 0) is 0 Å². The zero-order valence-corrected chi connectivity index (χ0v) is 16.4. The van der Waals surface area contributed by atoms with E-state index in [2.05, 4.69) is 40.2 Å². The van der Waals surface area contributed by atoms with E-state index in [0.29, 0.717) is 5.88 Å². The Morgan fingerprint density at radius 1 is 1.07 bits per heavy atom. The van der Waals surface area contributed by atoms with Crippen LogP contribution in [0, 0.1) is 6.92 Å². The highest BCUT2D eigenvalue weighted by Crippen LogP contribution is 2.33. The number of anilines is 1. The standard InChI is InChI=1S/C24H26N2O2/c1-17-8-11-24(25-15-17)28-21-12-13-26(16-21)23-10-9-20(14-22(23)18(2)27)19-6-4-3-5-7-19/h3-11,14-15,18,21,27H,12-13,16H2,1-2H3/t18?,21-/m0/s1. The van der Waals surface area contributed by atoms with Gasteiger partial charge in [0.25, 0.3) is 0 Å². The molecule has 4 heteroatoms. The molecule has 1 N–H and O–H groups in total. The van der Waals surface area contributed by atoms with Crippen molar-refractivity contribution in [3.63, 3.8) is 0 Å². The van der Waals surface area contributed by atoms with Crippen molar-refractivity contribution in [2.24, 2.45) is 0 Å². The molecular weight excluding hydrogens is 348 g/mol. The molecule has 0 aliphatic carbocycles. The van der Waals surface area contributed by atoms with E-state index in [4.69, 9.17) is 4.74 Å². The van der Waals surface area contributed by atoms with E-state index in [1.807, 2.05) is 50.4 Å². The highest BCUT2D eigenvalue weighted by Gasteiger charge is 2.27. The van der Waals surface area contributed by atoms with Gasteiger partial charge >= 0.3 is 0 Å². The fourth-order valence-electron chi connectivity index (χ4n) is 3.73. The average molecular weight is 374 g/mol. The number of hydrogen-bond acceptors (Lipinski definition) is 4. The maximum atomic E-state index is 10.4. The van der Waals surface area contributed by atoms with Gasteiger partial charge in [-0.1, -0.05) is 42.5 Å². The topological polar surface area (TPSA) is 45.6 Å². The second-order valence-electron chi connectivity index (χ2n) is 7.46. The first kappa shape index (κ1) is 18.5. The van der Waals surface area contributed by atoms with Gasteiger partial charge in [0, 0.05) is 36.5 Å². The van der Waals surface area contributed by atoms with Gasteiger partial charge in [0.15, 0.2) is 0 Å². The zero-order chi connectivity index (χ0) is 19.5. The zero-order valence-electron chi connectivity index (χ0n) is 16.4. The van der Waals surface area contributed by atoms with Crippen molar-refractivity contribution < 1.29 is 9.84 Å². The molecular formula is C24H26N2O2. The van der Waals surface area contributed by atoms with Gasteiger partial charge in [-0.05, 0) is 42.7 Å². The molecule has 4 nitrogen and oxygen atoms in total. The van der Waals surface area contributed by atoms with E-state index < -0.39 is 6.10 Å². The molecule has 0 bridgehead atoms. The van der Waals surface area contributed by atoms with E-state index in [1.165, 1.54) is 0 Å². The van der Waals surface area contributed by atoms with E-state index in [0.717, 1.165) is 47.5 Å². The smallest absolute Gasteiger partial charge is 0.213 e. The summed E-state index contributed by atoms with van der Waals surface area (Å²) in [6.07, 6.45) is 2.34. The average Bonchev–Trinajstić information content (AvgIpc) is 3.18. The molecule has 0 amide bonds. The Balaban J connectivity index is 1.53. The molecule has 144 valence electrons. The molecule has 3 aromatic rings. The molecule has 0 saturated carbocycles. The van der Waals surface area contributed by atoms with Gasteiger partial charge in [-0.3, -0.25) is 0 Å². The number of ether oxygens (including phenoxy) is 1. The molecule has 1 fully saturated rings. The molecule has 1 saturated heterocycles. The third kappa shape index (κ3) is 4.02. The minimum atomic E-state index is -0.530. The molecule has 0 spiro atoms. The Hall–Kier alpha value is -2.85. The maximum Gasteiger partial charge on any atom is 0.213 e. The molecule has 1 aromatic heterocycles. The van der Waals surface area contributed by atoms with Crippen LogP contribution >= 0.6 is 0 Å². The Bertz CT molecular complexity index is 923. The van der Waals surface area contributed by atoms with Crippen LogP contribution in [0.25, 0.3) is 11.1 Å². The number of rotatable bonds is 5. The first-order valence-electron chi connectivity index (χ1n) is 9.82. The van der Waals surface area contributed by atoms with Crippen LogP contribution in [-0.4, -0.2) is 29.3 Å². The van der Waals surface area contributed by atoms with E-state index in [-0.39, 0.29) is 6.10 Å². The second-order valence-corrected chi connectivity index (χ2v) is 7.46. The van der Waals surface area contributed by atoms with Gasteiger partial charge in [-0.15, -0.1) is 0 Å². The van der Waals surface area contributed by atoms with Crippen LogP contribution in [0.4, 0.5) is 5.69 Å². The number of nitrogens with zero attached hydrogens (tertiary/aromatic N) is 2. The minimum Gasteiger partial charge on any atom is -0.472 e. The molecule has 1 aliphatic heterocycles. The van der Waals surface area contributed by atoms with Crippen molar-refractivity contribution in [1.82, 2.24) is 4.98 Å². The molecule has 2 heterocycles. The van der Waals surface area contributed by atoms with E-state index >= 15 is 0 Å². The monoisotopic (exact) mass is 374 g/mol. The number of benzene rings is 2. The first-order chi connectivity index (χ1) is 13.6. The lowest BCUT2D eigenvalue weighted by Gasteiger charge is -2.24. The second kappa shape index (κ2) is 8.03. The van der Waals surface area contributed by atoms with Gasteiger partial charge in [-0.2, -0.15) is 0 Å². The van der Waals surface area contributed by atoms with Gasteiger partial charge < -0.3 is 14.7 Å². The van der Waals surface area contributed by atoms with Crippen LogP contribution in [0.2, 0.25) is 0 Å². The summed E-state index contributed by atoms with van der Waals surface area (Å²) in [5.74, 6) is 0.674. The van der Waals surface area contributed by atoms with Gasteiger partial charge in [0.1, 0.15) is 6.10 Å². The molecule has 2 aromatic carbocycles. The number of aryl methyl sites for hydroxylation is 1. The minimum absolute atomic E-state index is 0.103. The quantitative estimate of drug-likeness (QED) is 0.699. The molecule has 2 atom stereocenters. The molecule has 0 radical (unpaired) electrons. The number of pyridine rings is 1. The van der Waals surface area contributed by atoms with Crippen molar-refractivity contribution in [2.75, 3.05) is 18.0 Å². The van der Waals surface area contributed by atoms with Gasteiger partial charge in [0.05, 0.1) is 12.6 Å². The van der Waals surface area contributed by atoms with Crippen LogP contribution in [0.1, 0.15) is 30.6 Å². The fraction of sp³-hybridized carbons (Fsp3) is 0.292.